The number of nitrogens with zero attached hydrogens (tertiary/aromatic N) is 1. The van der Waals surface area contributed by atoms with E-state index >= 15 is 0 Å². The van der Waals surface area contributed by atoms with Gasteiger partial charge in [-0.3, -0.25) is 14.4 Å². The van der Waals surface area contributed by atoms with Crippen LogP contribution < -0.4 is 20.7 Å². The Morgan fingerprint density at radius 2 is 1.64 bits per heavy atom. The van der Waals surface area contributed by atoms with Crippen LogP contribution in [0.25, 0.3) is 17.3 Å². The second-order valence-electron chi connectivity index (χ2n) is 10.0. The van der Waals surface area contributed by atoms with E-state index in [1.165, 1.54) is 30.2 Å². The zero-order valence-corrected chi connectivity index (χ0v) is 28.3. The highest BCUT2D eigenvalue weighted by Crippen LogP contribution is 2.33. The van der Waals surface area contributed by atoms with Crippen LogP contribution in [0, 0.1) is 0 Å². The van der Waals surface area contributed by atoms with E-state index in [0.717, 1.165) is 10.5 Å². The average molecular weight is 704 g/mol. The highest BCUT2D eigenvalue weighted by molar-refractivity contribution is 8.00. The number of amides is 3. The maximum atomic E-state index is 13.4. The van der Waals surface area contributed by atoms with Gasteiger partial charge >= 0.3 is 0 Å². The van der Waals surface area contributed by atoms with Gasteiger partial charge in [-0.1, -0.05) is 59.6 Å². The molecule has 0 radical (unpaired) electrons. The third-order valence-corrected chi connectivity index (χ3v) is 9.12. The molecule has 1 atom stereocenters. The van der Waals surface area contributed by atoms with Gasteiger partial charge in [-0.05, 0) is 73.7 Å². The highest BCUT2D eigenvalue weighted by Gasteiger charge is 2.19. The molecule has 3 amide bonds. The van der Waals surface area contributed by atoms with E-state index in [-0.39, 0.29) is 11.6 Å². The predicted molar refractivity (Wildman–Crippen MR) is 191 cm³/mol. The molecule has 1 heterocycles. The first-order valence-electron chi connectivity index (χ1n) is 14.2. The Kier molecular flexibility index (Phi) is 11.3. The molecule has 0 aliphatic carbocycles. The van der Waals surface area contributed by atoms with Gasteiger partial charge in [-0.2, -0.15) is 0 Å². The number of aromatic nitrogens is 1. The summed E-state index contributed by atoms with van der Waals surface area (Å²) in [5.74, 6) is -0.608. The van der Waals surface area contributed by atoms with Crippen molar-refractivity contribution in [1.29, 1.82) is 0 Å². The summed E-state index contributed by atoms with van der Waals surface area (Å²) in [5.41, 5.74) is 2.94. The van der Waals surface area contributed by atoms with E-state index < -0.39 is 17.1 Å². The molecule has 47 heavy (non-hydrogen) atoms. The number of nitrogens with one attached hydrogen (secondary N) is 3. The zero-order chi connectivity index (χ0) is 33.3. The van der Waals surface area contributed by atoms with Crippen LogP contribution in [-0.4, -0.2) is 35.1 Å². The van der Waals surface area contributed by atoms with Crippen LogP contribution in [0.4, 0.5) is 10.8 Å². The van der Waals surface area contributed by atoms with E-state index in [2.05, 4.69) is 20.9 Å². The number of hydrogen-bond acceptors (Lipinski definition) is 7. The summed E-state index contributed by atoms with van der Waals surface area (Å²) in [7, 11) is 1.53. The lowest BCUT2D eigenvalue weighted by molar-refractivity contribution is -0.115. The smallest absolute Gasteiger partial charge is 0.272 e. The average Bonchev–Trinajstić information content (AvgIpc) is 3.53. The number of hydrogen-bond donors (Lipinski definition) is 3. The molecule has 1 aromatic heterocycles. The van der Waals surface area contributed by atoms with Crippen molar-refractivity contribution in [2.24, 2.45) is 0 Å². The maximum Gasteiger partial charge on any atom is 0.272 e. The van der Waals surface area contributed by atoms with Crippen LogP contribution in [0.15, 0.2) is 113 Å². The van der Waals surface area contributed by atoms with Gasteiger partial charge in [0.05, 0.1) is 23.1 Å². The Bertz CT molecular complexity index is 1930. The van der Waals surface area contributed by atoms with E-state index in [1.807, 2.05) is 17.5 Å². The summed E-state index contributed by atoms with van der Waals surface area (Å²) < 4.78 is 5.42. The quantitative estimate of drug-likeness (QED) is 0.0939. The summed E-state index contributed by atoms with van der Waals surface area (Å²) >= 11 is 15.0. The van der Waals surface area contributed by atoms with Gasteiger partial charge in [0.1, 0.15) is 11.4 Å². The lowest BCUT2D eigenvalue weighted by Crippen LogP contribution is -2.30. The van der Waals surface area contributed by atoms with E-state index in [1.54, 1.807) is 97.9 Å². The van der Waals surface area contributed by atoms with Crippen LogP contribution in [0.3, 0.4) is 0 Å². The second-order valence-corrected chi connectivity index (χ2v) is 13.1. The fourth-order valence-corrected chi connectivity index (χ4v) is 6.40. The summed E-state index contributed by atoms with van der Waals surface area (Å²) in [6.45, 7) is 1.80. The van der Waals surface area contributed by atoms with E-state index in [0.29, 0.717) is 43.4 Å². The summed E-state index contributed by atoms with van der Waals surface area (Å²) in [6.07, 6.45) is 1.56. The highest BCUT2D eigenvalue weighted by atomic mass is 35.5. The van der Waals surface area contributed by atoms with Crippen molar-refractivity contribution in [3.63, 3.8) is 0 Å². The van der Waals surface area contributed by atoms with Crippen LogP contribution in [0.5, 0.6) is 5.75 Å². The van der Waals surface area contributed by atoms with Crippen molar-refractivity contribution in [3.8, 4) is 17.0 Å². The molecular weight excluding hydrogens is 675 g/mol. The number of carbonyl (C=O) groups is 3. The first-order chi connectivity index (χ1) is 22.7. The molecule has 0 saturated heterocycles. The minimum absolute atomic E-state index is 0.0378. The van der Waals surface area contributed by atoms with Crippen molar-refractivity contribution in [2.75, 3.05) is 17.7 Å². The Hall–Kier alpha value is -4.61. The molecule has 0 aliphatic rings. The van der Waals surface area contributed by atoms with Crippen molar-refractivity contribution in [1.82, 2.24) is 10.3 Å². The number of halogens is 2. The van der Waals surface area contributed by atoms with Crippen LogP contribution in [0.2, 0.25) is 10.0 Å². The van der Waals surface area contributed by atoms with Crippen molar-refractivity contribution >= 4 is 80.9 Å². The third-order valence-electron chi connectivity index (χ3n) is 6.70. The van der Waals surface area contributed by atoms with Crippen molar-refractivity contribution in [3.05, 3.63) is 129 Å². The molecule has 4 aromatic carbocycles. The molecule has 5 rings (SSSR count). The molecule has 0 aliphatic heterocycles. The molecule has 1 unspecified atom stereocenters. The molecule has 3 N–H and O–H groups in total. The van der Waals surface area contributed by atoms with Gasteiger partial charge in [0, 0.05) is 37.7 Å². The topological polar surface area (TPSA) is 109 Å². The molecule has 0 fully saturated rings. The number of ether oxygens (including phenoxy) is 1. The Labute approximate surface area is 290 Å². The number of methoxy groups -OCH3 is 1. The molecule has 238 valence electrons. The molecule has 0 bridgehead atoms. The molecule has 0 saturated carbocycles. The number of thioether (sulfide) groups is 1. The fourth-order valence-electron chi connectivity index (χ4n) is 4.32. The van der Waals surface area contributed by atoms with Gasteiger partial charge < -0.3 is 20.7 Å². The normalized spacial score (nSPS) is 11.8. The van der Waals surface area contributed by atoms with Crippen LogP contribution in [0.1, 0.15) is 22.8 Å². The summed E-state index contributed by atoms with van der Waals surface area (Å²) in [6, 6.07) is 28.0. The number of benzene rings is 4. The zero-order valence-electron chi connectivity index (χ0n) is 25.1. The Balaban J connectivity index is 1.23. The molecular formula is C35H28Cl2N4O4S2. The van der Waals surface area contributed by atoms with Gasteiger partial charge in [-0.25, -0.2) is 4.98 Å². The van der Waals surface area contributed by atoms with Gasteiger partial charge in [0.25, 0.3) is 11.8 Å². The van der Waals surface area contributed by atoms with Crippen molar-refractivity contribution in [2.45, 2.75) is 17.1 Å². The van der Waals surface area contributed by atoms with Gasteiger partial charge in [-0.15, -0.1) is 23.1 Å². The van der Waals surface area contributed by atoms with Crippen molar-refractivity contribution < 1.29 is 19.1 Å². The lowest BCUT2D eigenvalue weighted by atomic mass is 10.1. The first kappa shape index (κ1) is 33.7. The number of carbonyl (C=O) groups excluding carboxylic acids is 3. The number of anilines is 2. The number of rotatable bonds is 11. The SMILES string of the molecule is COc1ccccc1/C=C(\NC(=O)c1ccccc1)C(=O)Nc1ccc(SC(C)C(=O)Nc2nc(-c3ccc(Cl)cc3Cl)cs2)cc1. The molecule has 8 nitrogen and oxygen atoms in total. The van der Waals surface area contributed by atoms with Gasteiger partial charge in [0.2, 0.25) is 5.91 Å². The number of thiazole rings is 1. The first-order valence-corrected chi connectivity index (χ1v) is 16.7. The summed E-state index contributed by atoms with van der Waals surface area (Å²) in [5, 5.41) is 11.3. The second kappa shape index (κ2) is 15.8. The monoisotopic (exact) mass is 702 g/mol. The van der Waals surface area contributed by atoms with Gasteiger partial charge in [0.15, 0.2) is 5.13 Å². The number of para-hydroxylation sites is 1. The van der Waals surface area contributed by atoms with Crippen LogP contribution >= 0.6 is 46.3 Å². The standard InChI is InChI=1S/C35H28Cl2N4O4S2/c1-21(32(42)41-35-40-30(20-46-35)27-17-12-24(36)19-28(27)37)47-26-15-13-25(14-16-26)38-34(44)29(18-23-10-6-7-11-31(23)45-2)39-33(43)22-8-4-3-5-9-22/h3-21H,1-2H3,(H,38,44)(H,39,43)(H,40,41,42)/b29-18-. The minimum atomic E-state index is -0.518. The Morgan fingerprint density at radius 1 is 0.915 bits per heavy atom. The lowest BCUT2D eigenvalue weighted by Gasteiger charge is -2.13. The fraction of sp³-hybridized carbons (Fsp3) is 0.0857. The molecule has 12 heteroatoms. The molecule has 0 spiro atoms. The minimum Gasteiger partial charge on any atom is -0.496 e. The van der Waals surface area contributed by atoms with E-state index in [9.17, 15) is 14.4 Å². The third kappa shape index (κ3) is 9.02. The maximum absolute atomic E-state index is 13.4. The molecule has 5 aromatic rings. The van der Waals surface area contributed by atoms with Crippen LogP contribution in [-0.2, 0) is 9.59 Å². The van der Waals surface area contributed by atoms with E-state index in [4.69, 9.17) is 27.9 Å². The largest absolute Gasteiger partial charge is 0.496 e. The predicted octanol–water partition coefficient (Wildman–Crippen LogP) is 8.65. The Morgan fingerprint density at radius 3 is 2.36 bits per heavy atom. The summed E-state index contributed by atoms with van der Waals surface area (Å²) in [4.78, 5) is 44.6.